The lowest BCUT2D eigenvalue weighted by Crippen LogP contribution is -1.69. The highest BCUT2D eigenvalue weighted by Gasteiger charge is 1.79. The predicted molar refractivity (Wildman–Crippen MR) is 31.5 cm³/mol. The van der Waals surface area contributed by atoms with Crippen LogP contribution in [-0.4, -0.2) is 28.1 Å². The van der Waals surface area contributed by atoms with Crippen LogP contribution in [0.5, 0.6) is 0 Å². The van der Waals surface area contributed by atoms with E-state index in [0.717, 1.165) is 0 Å². The highest BCUT2D eigenvalue weighted by molar-refractivity contribution is 8.12. The molecule has 0 amide bonds. The summed E-state index contributed by atoms with van der Waals surface area (Å²) in [5.74, 6) is 0. The molecule has 3 heteroatoms. The van der Waals surface area contributed by atoms with Crippen LogP contribution in [0.25, 0.3) is 0 Å². The molecule has 0 aromatic rings. The zero-order valence-electron chi connectivity index (χ0n) is 3.31. The molecule has 0 saturated heterocycles. The average molecular weight is 81.7 g/mol. The largest absolute Gasteiger partial charge is 0.195 e. The molecule has 0 N–H and O–H groups in total. The van der Waals surface area contributed by atoms with Crippen molar-refractivity contribution < 1.29 is 0 Å². The van der Waals surface area contributed by atoms with Crippen molar-refractivity contribution in [2.75, 3.05) is 6.66 Å². The van der Waals surface area contributed by atoms with Gasteiger partial charge < -0.3 is 0 Å². The Balaban J connectivity index is 3.47. The van der Waals surface area contributed by atoms with Crippen LogP contribution in [0, 0.1) is 0 Å². The van der Waals surface area contributed by atoms with Gasteiger partial charge in [0.15, 0.2) is 0 Å². The van der Waals surface area contributed by atoms with E-state index in [1.54, 1.807) is 6.66 Å². The van der Waals surface area contributed by atoms with Gasteiger partial charge in [-0.3, -0.25) is 0 Å². The van der Waals surface area contributed by atoms with Crippen LogP contribution in [0.4, 0.5) is 0 Å². The number of hydrogen-bond acceptors (Lipinski definition) is 0. The van der Waals surface area contributed by atoms with Crippen LogP contribution in [0.1, 0.15) is 0 Å². The van der Waals surface area contributed by atoms with E-state index in [4.69, 9.17) is 15.1 Å². The first kappa shape index (κ1) is 5.43. The van der Waals surface area contributed by atoms with E-state index in [1.807, 2.05) is 0 Å². The molecule has 5 heavy (non-hydrogen) atoms. The van der Waals surface area contributed by atoms with Crippen LogP contribution in [0.2, 0.25) is 0 Å². The molecular formula is C2H5B2P. The van der Waals surface area contributed by atoms with Gasteiger partial charge in [0.2, 0.25) is 0 Å². The number of hydrogen-bond donors (Lipinski definition) is 0. The second-order valence-corrected chi connectivity index (χ2v) is 4.04. The van der Waals surface area contributed by atoms with Gasteiger partial charge in [0.25, 0.3) is 0 Å². The summed E-state index contributed by atoms with van der Waals surface area (Å²) in [6.45, 7) is 0.104. The lowest BCUT2D eigenvalue weighted by atomic mass is 10.7. The van der Waals surface area contributed by atoms with Gasteiger partial charge in [-0.15, -0.1) is 6.30 Å². The van der Waals surface area contributed by atoms with Crippen LogP contribution in [0.3, 0.4) is 0 Å². The van der Waals surface area contributed by atoms with E-state index in [1.165, 1.54) is 0 Å². The average Bonchev–Trinajstić information content (AvgIpc) is 0.722. The molecular weight excluding hydrogens is 76.6 g/mol. The lowest BCUT2D eigenvalue weighted by Gasteiger charge is -1.96. The Labute approximate surface area is 35.7 Å². The fourth-order valence-corrected chi connectivity index (χ4v) is 0. The summed E-state index contributed by atoms with van der Waals surface area (Å²) in [4.78, 5) is 0. The summed E-state index contributed by atoms with van der Waals surface area (Å²) in [6.07, 6.45) is 3.44. The molecule has 0 aliphatic rings. The first-order valence-corrected chi connectivity index (χ1v) is 3.84. The van der Waals surface area contributed by atoms with Gasteiger partial charge >= 0.3 is 0 Å². The van der Waals surface area contributed by atoms with Crippen molar-refractivity contribution in [3.63, 3.8) is 0 Å². The third-order valence-corrected chi connectivity index (χ3v) is 0. The summed E-state index contributed by atoms with van der Waals surface area (Å²) < 4.78 is 0. The van der Waals surface area contributed by atoms with Crippen LogP contribution < -0.4 is 0 Å². The van der Waals surface area contributed by atoms with Gasteiger partial charge in [-0.25, -0.2) is 0 Å². The van der Waals surface area contributed by atoms with E-state index >= 15 is 0 Å². The maximum Gasteiger partial charge on any atom is 0.0953 e. The van der Waals surface area contributed by atoms with Crippen molar-refractivity contribution in [3.05, 3.63) is 0 Å². The van der Waals surface area contributed by atoms with E-state index in [0.29, 0.717) is 0 Å². The van der Waals surface area contributed by atoms with Crippen LogP contribution in [-0.2, 0) is 0 Å². The molecule has 0 atom stereocenters. The summed E-state index contributed by atoms with van der Waals surface area (Å²) in [6, 6.07) is 0. The first-order valence-electron chi connectivity index (χ1n) is 1.28. The molecule has 0 saturated carbocycles. The van der Waals surface area contributed by atoms with Gasteiger partial charge in [-0.2, -0.15) is 6.64 Å². The van der Waals surface area contributed by atoms with Gasteiger partial charge in [0, 0.05) is 0 Å². The minimum Gasteiger partial charge on any atom is -0.195 e. The minimum absolute atomic E-state index is 1.64. The smallest absolute Gasteiger partial charge is 0.0953 e. The molecule has 0 spiro atoms. The maximum atomic E-state index is 5.13. The van der Waals surface area contributed by atoms with Crippen molar-refractivity contribution in [2.24, 2.45) is 0 Å². The lowest BCUT2D eigenvalue weighted by molar-refractivity contribution is 2.48. The van der Waals surface area contributed by atoms with E-state index in [9.17, 15) is 0 Å². The summed E-state index contributed by atoms with van der Waals surface area (Å²) >= 11 is 0. The van der Waals surface area contributed by atoms with E-state index in [-0.39, 0.29) is 0 Å². The Kier molecular flexibility index (Phi) is 1.37. The van der Waals surface area contributed by atoms with Gasteiger partial charge in [-0.1, -0.05) is 6.66 Å². The first-order chi connectivity index (χ1) is 2.00. The summed E-state index contributed by atoms with van der Waals surface area (Å²) in [5.41, 5.74) is 0. The molecule has 0 nitrogen and oxygen atoms in total. The highest BCUT2D eigenvalue weighted by atomic mass is 31.2. The Morgan fingerprint density at radius 1 is 1.60 bits per heavy atom. The zero-order valence-corrected chi connectivity index (χ0v) is 4.20. The van der Waals surface area contributed by atoms with Crippen molar-refractivity contribution >= 4 is 28.1 Å². The quantitative estimate of drug-likeness (QED) is 0.289. The Morgan fingerprint density at radius 2 is 1.60 bits per heavy atom. The Hall–Kier alpha value is 0.430. The molecule has 0 aliphatic heterocycles. The Morgan fingerprint density at radius 3 is 1.60 bits per heavy atom. The van der Waals surface area contributed by atoms with Gasteiger partial charge in [0.05, 0.1) is 15.1 Å². The van der Waals surface area contributed by atoms with Crippen molar-refractivity contribution in [1.29, 1.82) is 0 Å². The predicted octanol–water partition coefficient (Wildman–Crippen LogP) is 0.233. The van der Waals surface area contributed by atoms with E-state index in [2.05, 4.69) is 6.30 Å². The standard InChI is InChI=1S/C2H5B2P/c1-5(2,3)4/h1H2,2H3. The van der Waals surface area contributed by atoms with Gasteiger partial charge in [0.1, 0.15) is 0 Å². The highest BCUT2D eigenvalue weighted by Crippen LogP contribution is 2.24. The second kappa shape index (κ2) is 1.26. The molecule has 4 radical (unpaired) electrons. The fourth-order valence-electron chi connectivity index (χ4n) is 0. The molecule has 0 bridgehead atoms. The fraction of sp³-hybridized carbons (Fsp3) is 0.500. The van der Waals surface area contributed by atoms with Crippen molar-refractivity contribution in [3.8, 4) is 0 Å². The summed E-state index contributed by atoms with van der Waals surface area (Å²) in [5, 5.41) is 0. The Bertz CT molecular complexity index is 53.8. The van der Waals surface area contributed by atoms with Gasteiger partial charge in [-0.05, 0) is 0 Å². The van der Waals surface area contributed by atoms with Crippen LogP contribution >= 0.6 is 6.64 Å². The molecule has 0 rings (SSSR count). The zero-order chi connectivity index (χ0) is 4.50. The molecule has 0 unspecified atom stereocenters. The minimum atomic E-state index is -1.64. The molecule has 0 aliphatic carbocycles. The molecule has 24 valence electrons. The monoisotopic (exact) mass is 82.0 g/mol. The SMILES string of the molecule is [B]P([B])(=C)C. The molecule has 0 heterocycles. The molecule has 0 aromatic heterocycles. The third kappa shape index (κ3) is 142. The molecule has 0 aromatic carbocycles. The topological polar surface area (TPSA) is 0 Å². The maximum absolute atomic E-state index is 5.13. The summed E-state index contributed by atoms with van der Waals surface area (Å²) in [7, 11) is 10.3. The normalized spacial score (nSPS) is 11.4. The third-order valence-electron chi connectivity index (χ3n) is 0. The van der Waals surface area contributed by atoms with Crippen LogP contribution in [0.15, 0.2) is 0 Å². The van der Waals surface area contributed by atoms with Crippen molar-refractivity contribution in [1.82, 2.24) is 0 Å². The second-order valence-electron chi connectivity index (χ2n) is 1.35. The van der Waals surface area contributed by atoms with Crippen molar-refractivity contribution in [2.45, 2.75) is 0 Å². The number of rotatable bonds is 0. The molecule has 0 fully saturated rings. The van der Waals surface area contributed by atoms with E-state index < -0.39 is 6.64 Å².